The molecule has 0 bridgehead atoms. The third-order valence-electron chi connectivity index (χ3n) is 3.62. The third-order valence-corrected chi connectivity index (χ3v) is 3.62. The molecular weight excluding hydrogens is 250 g/mol. The molecule has 20 heavy (non-hydrogen) atoms. The van der Waals surface area contributed by atoms with Crippen LogP contribution in [-0.4, -0.2) is 38.8 Å². The fraction of sp³-hybridized carbons (Fsp3) is 0.562. The highest BCUT2D eigenvalue weighted by molar-refractivity contribution is 5.45. The molecule has 0 aromatic carbocycles. The number of nitrogens with zero attached hydrogens (tertiary/aromatic N) is 2. The highest BCUT2D eigenvalue weighted by Gasteiger charge is 2.14. The quantitative estimate of drug-likeness (QED) is 0.807. The van der Waals surface area contributed by atoms with Crippen LogP contribution in [0.3, 0.4) is 0 Å². The zero-order valence-corrected chi connectivity index (χ0v) is 12.8. The molecule has 1 aromatic rings. The summed E-state index contributed by atoms with van der Waals surface area (Å²) in [6.45, 7) is 5.75. The summed E-state index contributed by atoms with van der Waals surface area (Å²) in [7, 11) is 3.73. The molecule has 0 aliphatic carbocycles. The number of hydrogen-bond donors (Lipinski definition) is 1. The SMILES string of the molecule is CCc1cc(CNC)cc(N2CC=C(COC)CC2)n1. The Morgan fingerprint density at radius 3 is 2.85 bits per heavy atom. The van der Waals surface area contributed by atoms with Gasteiger partial charge in [-0.15, -0.1) is 0 Å². The summed E-state index contributed by atoms with van der Waals surface area (Å²) in [6.07, 6.45) is 4.31. The van der Waals surface area contributed by atoms with Gasteiger partial charge in [-0.05, 0) is 43.2 Å². The summed E-state index contributed by atoms with van der Waals surface area (Å²) in [5.41, 5.74) is 3.87. The predicted molar refractivity (Wildman–Crippen MR) is 83.2 cm³/mol. The van der Waals surface area contributed by atoms with Crippen molar-refractivity contribution in [1.82, 2.24) is 10.3 Å². The van der Waals surface area contributed by atoms with E-state index in [0.29, 0.717) is 0 Å². The first-order valence-corrected chi connectivity index (χ1v) is 7.33. The number of aryl methyl sites for hydroxylation is 1. The van der Waals surface area contributed by atoms with Gasteiger partial charge < -0.3 is 15.0 Å². The Morgan fingerprint density at radius 2 is 2.25 bits per heavy atom. The van der Waals surface area contributed by atoms with Gasteiger partial charge in [-0.2, -0.15) is 0 Å². The number of rotatable bonds is 6. The molecule has 0 atom stereocenters. The van der Waals surface area contributed by atoms with Gasteiger partial charge in [-0.1, -0.05) is 13.0 Å². The number of pyridine rings is 1. The topological polar surface area (TPSA) is 37.4 Å². The Morgan fingerprint density at radius 1 is 1.40 bits per heavy atom. The van der Waals surface area contributed by atoms with Crippen molar-refractivity contribution in [3.05, 3.63) is 35.0 Å². The van der Waals surface area contributed by atoms with Crippen LogP contribution in [0.25, 0.3) is 0 Å². The van der Waals surface area contributed by atoms with Crippen molar-refractivity contribution in [2.75, 3.05) is 38.8 Å². The highest BCUT2D eigenvalue weighted by atomic mass is 16.5. The summed E-state index contributed by atoms with van der Waals surface area (Å²) < 4.78 is 5.20. The van der Waals surface area contributed by atoms with Crippen molar-refractivity contribution < 1.29 is 4.74 Å². The van der Waals surface area contributed by atoms with Crippen LogP contribution < -0.4 is 10.2 Å². The number of ether oxygens (including phenoxy) is 1. The summed E-state index contributed by atoms with van der Waals surface area (Å²) in [5, 5.41) is 3.21. The molecule has 0 radical (unpaired) electrons. The Balaban J connectivity index is 2.14. The zero-order chi connectivity index (χ0) is 14.4. The van der Waals surface area contributed by atoms with Gasteiger partial charge in [0, 0.05) is 32.4 Å². The molecule has 0 fully saturated rings. The summed E-state index contributed by atoms with van der Waals surface area (Å²) in [4.78, 5) is 7.11. The average Bonchev–Trinajstić information content (AvgIpc) is 2.48. The van der Waals surface area contributed by atoms with E-state index < -0.39 is 0 Å². The molecule has 4 heteroatoms. The average molecular weight is 275 g/mol. The number of hydrogen-bond acceptors (Lipinski definition) is 4. The fourth-order valence-corrected chi connectivity index (χ4v) is 2.52. The first kappa shape index (κ1) is 15.0. The van der Waals surface area contributed by atoms with E-state index in [0.717, 1.165) is 44.9 Å². The van der Waals surface area contributed by atoms with Crippen LogP contribution in [0, 0.1) is 0 Å². The summed E-state index contributed by atoms with van der Waals surface area (Å²) >= 11 is 0. The van der Waals surface area contributed by atoms with Crippen molar-refractivity contribution in [3.8, 4) is 0 Å². The van der Waals surface area contributed by atoms with Gasteiger partial charge in [-0.3, -0.25) is 0 Å². The Labute approximate surface area is 121 Å². The first-order chi connectivity index (χ1) is 9.76. The lowest BCUT2D eigenvalue weighted by Crippen LogP contribution is -2.30. The van der Waals surface area contributed by atoms with Crippen LogP contribution >= 0.6 is 0 Å². The molecule has 0 saturated heterocycles. The molecule has 1 N–H and O–H groups in total. The van der Waals surface area contributed by atoms with Gasteiger partial charge in [0.1, 0.15) is 5.82 Å². The Hall–Kier alpha value is -1.39. The summed E-state index contributed by atoms with van der Waals surface area (Å²) in [6, 6.07) is 4.39. The van der Waals surface area contributed by atoms with Gasteiger partial charge in [0.15, 0.2) is 0 Å². The zero-order valence-electron chi connectivity index (χ0n) is 12.8. The van der Waals surface area contributed by atoms with E-state index in [4.69, 9.17) is 9.72 Å². The van der Waals surface area contributed by atoms with E-state index in [9.17, 15) is 0 Å². The van der Waals surface area contributed by atoms with Gasteiger partial charge >= 0.3 is 0 Å². The standard InChI is InChI=1S/C16H25N3O/c1-4-15-9-14(11-17-2)10-16(18-15)19-7-5-13(6-8-19)12-20-3/h5,9-10,17H,4,6-8,11-12H2,1-3H3. The number of methoxy groups -OCH3 is 1. The third kappa shape index (κ3) is 3.81. The van der Waals surface area contributed by atoms with Gasteiger partial charge in [0.25, 0.3) is 0 Å². The Bertz CT molecular complexity index is 471. The van der Waals surface area contributed by atoms with E-state index in [1.165, 1.54) is 16.8 Å². The van der Waals surface area contributed by atoms with E-state index in [1.807, 2.05) is 7.05 Å². The summed E-state index contributed by atoms with van der Waals surface area (Å²) in [5.74, 6) is 1.10. The highest BCUT2D eigenvalue weighted by Crippen LogP contribution is 2.20. The molecule has 1 aliphatic rings. The molecule has 1 aliphatic heterocycles. The lowest BCUT2D eigenvalue weighted by Gasteiger charge is -2.28. The van der Waals surface area contributed by atoms with Crippen molar-refractivity contribution in [2.45, 2.75) is 26.3 Å². The number of anilines is 1. The smallest absolute Gasteiger partial charge is 0.129 e. The van der Waals surface area contributed by atoms with Crippen LogP contribution in [0.2, 0.25) is 0 Å². The minimum atomic E-state index is 0.751. The number of nitrogens with one attached hydrogen (secondary N) is 1. The molecule has 1 aromatic heterocycles. The van der Waals surface area contributed by atoms with Gasteiger partial charge in [0.05, 0.1) is 6.61 Å². The van der Waals surface area contributed by atoms with Crippen LogP contribution in [0.5, 0.6) is 0 Å². The van der Waals surface area contributed by atoms with Crippen molar-refractivity contribution >= 4 is 5.82 Å². The van der Waals surface area contributed by atoms with Gasteiger partial charge in [-0.25, -0.2) is 4.98 Å². The van der Waals surface area contributed by atoms with E-state index >= 15 is 0 Å². The molecule has 0 amide bonds. The minimum Gasteiger partial charge on any atom is -0.380 e. The molecular formula is C16H25N3O. The maximum atomic E-state index is 5.20. The predicted octanol–water partition coefficient (Wildman–Crippen LogP) is 2.15. The molecule has 0 unspecified atom stereocenters. The normalized spacial score (nSPS) is 15.3. The van der Waals surface area contributed by atoms with Crippen molar-refractivity contribution in [1.29, 1.82) is 0 Å². The van der Waals surface area contributed by atoms with Gasteiger partial charge in [0.2, 0.25) is 0 Å². The number of aromatic nitrogens is 1. The Kier molecular flexibility index (Phi) is 5.56. The molecule has 2 rings (SSSR count). The molecule has 2 heterocycles. The van der Waals surface area contributed by atoms with Crippen molar-refractivity contribution in [2.24, 2.45) is 0 Å². The van der Waals surface area contributed by atoms with Crippen LogP contribution in [-0.2, 0) is 17.7 Å². The first-order valence-electron chi connectivity index (χ1n) is 7.33. The minimum absolute atomic E-state index is 0.751. The lowest BCUT2D eigenvalue weighted by atomic mass is 10.1. The fourth-order valence-electron chi connectivity index (χ4n) is 2.52. The van der Waals surface area contributed by atoms with Crippen molar-refractivity contribution in [3.63, 3.8) is 0 Å². The second-order valence-electron chi connectivity index (χ2n) is 5.20. The van der Waals surface area contributed by atoms with Crippen LogP contribution in [0.15, 0.2) is 23.8 Å². The van der Waals surface area contributed by atoms with E-state index in [-0.39, 0.29) is 0 Å². The van der Waals surface area contributed by atoms with E-state index in [2.05, 4.69) is 35.3 Å². The van der Waals surface area contributed by atoms with Crippen LogP contribution in [0.1, 0.15) is 24.6 Å². The van der Waals surface area contributed by atoms with Crippen LogP contribution in [0.4, 0.5) is 5.82 Å². The monoisotopic (exact) mass is 275 g/mol. The van der Waals surface area contributed by atoms with E-state index in [1.54, 1.807) is 7.11 Å². The largest absolute Gasteiger partial charge is 0.380 e. The maximum absolute atomic E-state index is 5.20. The molecule has 110 valence electrons. The second kappa shape index (κ2) is 7.41. The lowest BCUT2D eigenvalue weighted by molar-refractivity contribution is 0.222. The molecule has 0 spiro atoms. The second-order valence-corrected chi connectivity index (χ2v) is 5.20. The molecule has 4 nitrogen and oxygen atoms in total. The maximum Gasteiger partial charge on any atom is 0.129 e. The molecule has 0 saturated carbocycles.